The van der Waals surface area contributed by atoms with E-state index in [1.54, 1.807) is 0 Å². The molecule has 0 saturated heterocycles. The molecule has 0 atom stereocenters. The van der Waals surface area contributed by atoms with Crippen LogP contribution in [0.4, 0.5) is 0 Å². The zero-order valence-electron chi connectivity index (χ0n) is 24.0. The molecule has 8 heteroatoms. The third kappa shape index (κ3) is 13.9. The minimum absolute atomic E-state index is 0. The number of hydrogen-bond donors (Lipinski definition) is 0. The van der Waals surface area contributed by atoms with Crippen molar-refractivity contribution in [1.29, 1.82) is 0 Å². The van der Waals surface area contributed by atoms with Crippen molar-refractivity contribution in [2.75, 3.05) is 0 Å². The summed E-state index contributed by atoms with van der Waals surface area (Å²) in [6.45, 7) is 0. The first kappa shape index (κ1) is 41.3. The van der Waals surface area contributed by atoms with E-state index in [0.717, 1.165) is 0 Å². The molecule has 0 N–H and O–H groups in total. The van der Waals surface area contributed by atoms with Crippen LogP contribution in [0.15, 0.2) is 182 Å². The second kappa shape index (κ2) is 23.6. The Morgan fingerprint density at radius 3 is 0.511 bits per heavy atom. The fourth-order valence-electron chi connectivity index (χ4n) is 4.36. The molecule has 0 bridgehead atoms. The SMILES string of the molecule is ClC(Cl)Cl.[Cl-].[Cl-].[Pt+2].c1ccc(P(c2ccccc2)c2ccccc2)cc1.c1ccc(P(c2ccccc2)c2ccccc2)cc1. The van der Waals surface area contributed by atoms with Gasteiger partial charge in [-0.25, -0.2) is 0 Å². The predicted octanol–water partition coefficient (Wildman–Crippen LogP) is 2.88. The van der Waals surface area contributed by atoms with Crippen molar-refractivity contribution in [2.24, 2.45) is 0 Å². The second-order valence-electron chi connectivity index (χ2n) is 8.93. The van der Waals surface area contributed by atoms with Crippen LogP contribution in [0.5, 0.6) is 0 Å². The van der Waals surface area contributed by atoms with E-state index in [1.165, 1.54) is 31.8 Å². The molecule has 0 amide bonds. The van der Waals surface area contributed by atoms with Crippen LogP contribution in [0.3, 0.4) is 0 Å². The summed E-state index contributed by atoms with van der Waals surface area (Å²) in [6.07, 6.45) is 0. The molecule has 45 heavy (non-hydrogen) atoms. The van der Waals surface area contributed by atoms with Gasteiger partial charge in [-0.15, -0.1) is 0 Å². The van der Waals surface area contributed by atoms with Crippen LogP contribution in [0.1, 0.15) is 0 Å². The van der Waals surface area contributed by atoms with E-state index in [9.17, 15) is 0 Å². The summed E-state index contributed by atoms with van der Waals surface area (Å²) >= 11 is 14.4. The average molecular weight is 910 g/mol. The summed E-state index contributed by atoms with van der Waals surface area (Å²) in [4.78, 5) is 0. The van der Waals surface area contributed by atoms with Gasteiger partial charge in [0.1, 0.15) is 0 Å². The summed E-state index contributed by atoms with van der Waals surface area (Å²) in [5, 5.41) is 8.39. The van der Waals surface area contributed by atoms with Crippen LogP contribution in [-0.2, 0) is 21.1 Å². The first-order valence-corrected chi connectivity index (χ1v) is 17.5. The van der Waals surface area contributed by atoms with E-state index in [1.807, 2.05) is 0 Å². The molecule has 0 aliphatic heterocycles. The van der Waals surface area contributed by atoms with E-state index in [4.69, 9.17) is 34.8 Å². The van der Waals surface area contributed by atoms with Gasteiger partial charge in [0.15, 0.2) is 4.30 Å². The summed E-state index contributed by atoms with van der Waals surface area (Å²) < 4.78 is -0.750. The van der Waals surface area contributed by atoms with E-state index >= 15 is 0 Å². The van der Waals surface area contributed by atoms with Crippen molar-refractivity contribution < 1.29 is 45.9 Å². The Bertz CT molecular complexity index is 1240. The molecule has 0 radical (unpaired) electrons. The van der Waals surface area contributed by atoms with Crippen molar-refractivity contribution in [3.63, 3.8) is 0 Å². The fraction of sp³-hybridized carbons (Fsp3) is 0.0270. The molecular formula is C37H31Cl5P2Pt. The van der Waals surface area contributed by atoms with Gasteiger partial charge < -0.3 is 24.8 Å². The molecule has 0 nitrogen and oxygen atoms in total. The van der Waals surface area contributed by atoms with Gasteiger partial charge in [-0.1, -0.05) is 217 Å². The van der Waals surface area contributed by atoms with Crippen LogP contribution < -0.4 is 56.6 Å². The largest absolute Gasteiger partial charge is 2.00 e. The third-order valence-electron chi connectivity index (χ3n) is 6.09. The molecule has 0 unspecified atom stereocenters. The maximum absolute atomic E-state index is 4.81. The van der Waals surface area contributed by atoms with Crippen molar-refractivity contribution >= 4 is 82.5 Å². The maximum Gasteiger partial charge on any atom is 2.00 e. The molecule has 0 heterocycles. The fourth-order valence-corrected chi connectivity index (χ4v) is 8.97. The van der Waals surface area contributed by atoms with Gasteiger partial charge in [-0.3, -0.25) is 0 Å². The van der Waals surface area contributed by atoms with Crippen molar-refractivity contribution in [2.45, 2.75) is 4.30 Å². The first-order valence-electron chi connectivity index (χ1n) is 13.5. The smallest absolute Gasteiger partial charge is 1.00 e. The Morgan fingerprint density at radius 2 is 0.400 bits per heavy atom. The van der Waals surface area contributed by atoms with Gasteiger partial charge in [0.05, 0.1) is 0 Å². The molecular weight excluding hydrogens is 879 g/mol. The van der Waals surface area contributed by atoms with Gasteiger partial charge in [-0.2, -0.15) is 0 Å². The summed E-state index contributed by atoms with van der Waals surface area (Å²) in [7, 11) is -0.892. The molecule has 6 aromatic carbocycles. The van der Waals surface area contributed by atoms with Crippen molar-refractivity contribution in [3.05, 3.63) is 182 Å². The zero-order chi connectivity index (χ0) is 29.4. The minimum Gasteiger partial charge on any atom is -1.00 e. The van der Waals surface area contributed by atoms with Crippen molar-refractivity contribution in [1.82, 2.24) is 0 Å². The maximum atomic E-state index is 4.81. The van der Waals surface area contributed by atoms with Crippen LogP contribution in [0.25, 0.3) is 0 Å². The molecule has 0 fully saturated rings. The molecule has 6 aromatic rings. The number of rotatable bonds is 6. The molecule has 0 aliphatic carbocycles. The standard InChI is InChI=1S/2C18H15P.CHCl3.2ClH.Pt/c2*1-4-10-16(11-5-1)19(17-12-6-2-7-13-17)18-14-8-3-9-15-18;2-1(3)4;;;/h2*1-15H;1H;2*1H;/q;;;;;+2/p-2. The molecule has 0 saturated carbocycles. The van der Waals surface area contributed by atoms with E-state index in [0.29, 0.717) is 0 Å². The minimum atomic E-state index is -0.750. The van der Waals surface area contributed by atoms with Crippen molar-refractivity contribution in [3.8, 4) is 0 Å². The van der Waals surface area contributed by atoms with Gasteiger partial charge in [0.2, 0.25) is 0 Å². The number of benzene rings is 6. The number of halogens is 5. The summed E-state index contributed by atoms with van der Waals surface area (Å²) in [5.74, 6) is 0. The van der Waals surface area contributed by atoms with Crippen LogP contribution in [-0.4, -0.2) is 4.30 Å². The van der Waals surface area contributed by atoms with Gasteiger partial charge in [0.25, 0.3) is 0 Å². The second-order valence-corrected chi connectivity index (χ2v) is 15.4. The van der Waals surface area contributed by atoms with Crippen LogP contribution in [0, 0.1) is 0 Å². The van der Waals surface area contributed by atoms with E-state index in [2.05, 4.69) is 182 Å². The Morgan fingerprint density at radius 1 is 0.289 bits per heavy atom. The summed E-state index contributed by atoms with van der Waals surface area (Å²) in [5.41, 5.74) is 0. The Balaban J connectivity index is 0.000000380. The Labute approximate surface area is 312 Å². The average Bonchev–Trinajstić information content (AvgIpc) is 3.05. The molecule has 234 valence electrons. The van der Waals surface area contributed by atoms with Gasteiger partial charge in [0, 0.05) is 0 Å². The third-order valence-corrected chi connectivity index (χ3v) is 11.0. The first-order chi connectivity index (χ1) is 20.6. The molecule has 0 aliphatic rings. The van der Waals surface area contributed by atoms with Crippen LogP contribution in [0.2, 0.25) is 0 Å². The Kier molecular flexibility index (Phi) is 21.7. The quantitative estimate of drug-likeness (QED) is 0.179. The normalized spacial score (nSPS) is 9.73. The monoisotopic (exact) mass is 907 g/mol. The summed E-state index contributed by atoms with van der Waals surface area (Å²) in [6, 6.07) is 64.7. The molecule has 0 aromatic heterocycles. The zero-order valence-corrected chi connectivity index (χ0v) is 31.8. The van der Waals surface area contributed by atoms with E-state index < -0.39 is 20.1 Å². The van der Waals surface area contributed by atoms with Gasteiger partial charge in [-0.05, 0) is 47.7 Å². The van der Waals surface area contributed by atoms with Gasteiger partial charge >= 0.3 is 21.1 Å². The molecule has 0 spiro atoms. The number of hydrogen-bond acceptors (Lipinski definition) is 0. The Hall–Kier alpha value is -1.68. The van der Waals surface area contributed by atoms with Crippen LogP contribution >= 0.6 is 50.6 Å². The predicted molar refractivity (Wildman–Crippen MR) is 192 cm³/mol. The topological polar surface area (TPSA) is 0 Å². The number of alkyl halides is 3. The van der Waals surface area contributed by atoms with E-state index in [-0.39, 0.29) is 45.9 Å². The molecule has 6 rings (SSSR count).